The summed E-state index contributed by atoms with van der Waals surface area (Å²) in [5.41, 5.74) is 2.12. The summed E-state index contributed by atoms with van der Waals surface area (Å²) in [4.78, 5) is 12.9. The van der Waals surface area contributed by atoms with Crippen LogP contribution < -0.4 is 9.47 Å². The first-order valence-corrected chi connectivity index (χ1v) is 8.26. The number of carbonyl (C=O) groups excluding carboxylic acids is 1. The molecule has 3 aromatic rings. The molecule has 0 heterocycles. The minimum absolute atomic E-state index is 0.323. The minimum atomic E-state index is -0.513. The van der Waals surface area contributed by atoms with Gasteiger partial charge in [0.1, 0.15) is 5.56 Å². The first-order valence-electron chi connectivity index (χ1n) is 8.26. The van der Waals surface area contributed by atoms with Crippen molar-refractivity contribution in [3.05, 3.63) is 95.6 Å². The largest absolute Gasteiger partial charge is 0.493 e. The van der Waals surface area contributed by atoms with Crippen LogP contribution in [0.15, 0.2) is 78.9 Å². The molecule has 0 bridgehead atoms. The maximum atomic E-state index is 12.9. The van der Waals surface area contributed by atoms with Crippen LogP contribution in [0.2, 0.25) is 0 Å². The Morgan fingerprint density at radius 3 is 1.81 bits per heavy atom. The molecule has 0 aliphatic heterocycles. The fourth-order valence-electron chi connectivity index (χ4n) is 2.80. The van der Waals surface area contributed by atoms with E-state index in [4.69, 9.17) is 14.2 Å². The van der Waals surface area contributed by atoms with Crippen LogP contribution in [-0.2, 0) is 4.74 Å². The van der Waals surface area contributed by atoms with Crippen molar-refractivity contribution in [2.75, 3.05) is 14.2 Å². The van der Waals surface area contributed by atoms with Crippen molar-refractivity contribution in [3.8, 4) is 11.5 Å². The molecule has 0 radical (unpaired) electrons. The quantitative estimate of drug-likeness (QED) is 0.608. The molecule has 0 saturated carbocycles. The summed E-state index contributed by atoms with van der Waals surface area (Å²) in [6.07, 6.45) is -0.513. The maximum Gasteiger partial charge on any atom is 0.343 e. The molecule has 0 aromatic heterocycles. The van der Waals surface area contributed by atoms with Crippen molar-refractivity contribution in [2.45, 2.75) is 6.10 Å². The molecule has 0 N–H and O–H groups in total. The average Bonchev–Trinajstić information content (AvgIpc) is 2.72. The molecule has 0 fully saturated rings. The van der Waals surface area contributed by atoms with E-state index in [9.17, 15) is 4.79 Å². The molecule has 3 aromatic carbocycles. The lowest BCUT2D eigenvalue weighted by atomic mass is 10.0. The molecule has 132 valence electrons. The summed E-state index contributed by atoms with van der Waals surface area (Å²) in [6.45, 7) is 0. The third-order valence-electron chi connectivity index (χ3n) is 4.05. The van der Waals surface area contributed by atoms with Crippen LogP contribution in [0.5, 0.6) is 11.5 Å². The van der Waals surface area contributed by atoms with Gasteiger partial charge in [0.2, 0.25) is 0 Å². The first-order chi connectivity index (χ1) is 12.7. The van der Waals surface area contributed by atoms with Crippen molar-refractivity contribution in [2.24, 2.45) is 0 Å². The second-order valence-electron chi connectivity index (χ2n) is 5.65. The van der Waals surface area contributed by atoms with E-state index in [0.717, 1.165) is 11.1 Å². The third-order valence-corrected chi connectivity index (χ3v) is 4.05. The number of para-hydroxylation sites is 1. The van der Waals surface area contributed by atoms with Crippen LogP contribution in [0.3, 0.4) is 0 Å². The van der Waals surface area contributed by atoms with Crippen LogP contribution in [0, 0.1) is 0 Å². The molecular weight excluding hydrogens is 328 g/mol. The number of benzene rings is 3. The molecule has 26 heavy (non-hydrogen) atoms. The van der Waals surface area contributed by atoms with Gasteiger partial charge in [-0.15, -0.1) is 0 Å². The van der Waals surface area contributed by atoms with Gasteiger partial charge in [0.25, 0.3) is 0 Å². The molecule has 0 atom stereocenters. The van der Waals surface area contributed by atoms with E-state index in [2.05, 4.69) is 0 Å². The van der Waals surface area contributed by atoms with Gasteiger partial charge < -0.3 is 14.2 Å². The summed E-state index contributed by atoms with van der Waals surface area (Å²) in [6, 6.07) is 24.4. The van der Waals surface area contributed by atoms with Gasteiger partial charge in [0.15, 0.2) is 17.6 Å². The Morgan fingerprint density at radius 1 is 0.731 bits per heavy atom. The van der Waals surface area contributed by atoms with Crippen LogP contribution in [0.4, 0.5) is 0 Å². The highest BCUT2D eigenvalue weighted by molar-refractivity contribution is 5.93. The van der Waals surface area contributed by atoms with Gasteiger partial charge in [-0.2, -0.15) is 0 Å². The van der Waals surface area contributed by atoms with E-state index < -0.39 is 12.1 Å². The van der Waals surface area contributed by atoms with Gasteiger partial charge in [-0.1, -0.05) is 66.7 Å². The number of rotatable bonds is 6. The lowest BCUT2D eigenvalue weighted by Crippen LogP contribution is -2.14. The Morgan fingerprint density at radius 2 is 1.31 bits per heavy atom. The van der Waals surface area contributed by atoms with E-state index in [0.29, 0.717) is 17.1 Å². The van der Waals surface area contributed by atoms with Crippen molar-refractivity contribution in [1.82, 2.24) is 0 Å². The van der Waals surface area contributed by atoms with Gasteiger partial charge in [-0.05, 0) is 23.3 Å². The molecular formula is C22H20O4. The van der Waals surface area contributed by atoms with Crippen molar-refractivity contribution >= 4 is 5.97 Å². The third kappa shape index (κ3) is 3.70. The highest BCUT2D eigenvalue weighted by Gasteiger charge is 2.23. The molecule has 0 spiro atoms. The van der Waals surface area contributed by atoms with Gasteiger partial charge in [0.05, 0.1) is 14.2 Å². The van der Waals surface area contributed by atoms with Crippen molar-refractivity contribution in [3.63, 3.8) is 0 Å². The topological polar surface area (TPSA) is 44.8 Å². The maximum absolute atomic E-state index is 12.9. The summed E-state index contributed by atoms with van der Waals surface area (Å²) < 4.78 is 16.5. The number of esters is 1. The summed E-state index contributed by atoms with van der Waals surface area (Å²) in [5.74, 6) is 0.372. The lowest BCUT2D eigenvalue weighted by molar-refractivity contribution is 0.0374. The normalized spacial score (nSPS) is 10.4. The summed E-state index contributed by atoms with van der Waals surface area (Å²) >= 11 is 0. The molecule has 0 unspecified atom stereocenters. The zero-order valence-corrected chi connectivity index (χ0v) is 14.7. The van der Waals surface area contributed by atoms with Gasteiger partial charge in [0, 0.05) is 0 Å². The predicted octanol–water partition coefficient (Wildman–Crippen LogP) is 4.65. The molecule has 0 saturated heterocycles. The van der Waals surface area contributed by atoms with Crippen LogP contribution in [0.1, 0.15) is 27.6 Å². The first kappa shape index (κ1) is 17.5. The summed E-state index contributed by atoms with van der Waals surface area (Å²) in [5, 5.41) is 0. The minimum Gasteiger partial charge on any atom is -0.493 e. The number of hydrogen-bond acceptors (Lipinski definition) is 4. The zero-order valence-electron chi connectivity index (χ0n) is 14.7. The number of ether oxygens (including phenoxy) is 3. The Hall–Kier alpha value is -3.27. The standard InChI is InChI=1S/C22H20O4/c1-24-19-15-9-14-18(21(19)25-2)22(23)26-20(16-10-5-3-6-11-16)17-12-7-4-8-13-17/h3-15,20H,1-2H3. The monoisotopic (exact) mass is 348 g/mol. The van der Waals surface area contributed by atoms with E-state index in [1.54, 1.807) is 18.2 Å². The lowest BCUT2D eigenvalue weighted by Gasteiger charge is -2.20. The Kier molecular flexibility index (Phi) is 5.54. The SMILES string of the molecule is COc1cccc(C(=O)OC(c2ccccc2)c2ccccc2)c1OC. The number of methoxy groups -OCH3 is 2. The molecule has 0 aliphatic carbocycles. The summed E-state index contributed by atoms with van der Waals surface area (Å²) in [7, 11) is 3.03. The highest BCUT2D eigenvalue weighted by atomic mass is 16.5. The van der Waals surface area contributed by atoms with Crippen molar-refractivity contribution < 1.29 is 19.0 Å². The second-order valence-corrected chi connectivity index (χ2v) is 5.65. The number of carbonyl (C=O) groups is 1. The average molecular weight is 348 g/mol. The predicted molar refractivity (Wildman–Crippen MR) is 99.7 cm³/mol. The van der Waals surface area contributed by atoms with Crippen LogP contribution in [-0.4, -0.2) is 20.2 Å². The van der Waals surface area contributed by atoms with Gasteiger partial charge in [-0.25, -0.2) is 4.79 Å². The van der Waals surface area contributed by atoms with E-state index in [1.165, 1.54) is 14.2 Å². The molecule has 4 heteroatoms. The van der Waals surface area contributed by atoms with Gasteiger partial charge >= 0.3 is 5.97 Å². The molecule has 0 amide bonds. The highest BCUT2D eigenvalue weighted by Crippen LogP contribution is 2.33. The van der Waals surface area contributed by atoms with Crippen LogP contribution in [0.25, 0.3) is 0 Å². The van der Waals surface area contributed by atoms with E-state index in [1.807, 2.05) is 60.7 Å². The second kappa shape index (κ2) is 8.21. The fourth-order valence-corrected chi connectivity index (χ4v) is 2.80. The fraction of sp³-hybridized carbons (Fsp3) is 0.136. The zero-order chi connectivity index (χ0) is 18.4. The van der Waals surface area contributed by atoms with Gasteiger partial charge in [-0.3, -0.25) is 0 Å². The molecule has 4 nitrogen and oxygen atoms in total. The van der Waals surface area contributed by atoms with E-state index >= 15 is 0 Å². The molecule has 0 aliphatic rings. The van der Waals surface area contributed by atoms with Crippen molar-refractivity contribution in [1.29, 1.82) is 0 Å². The Balaban J connectivity index is 1.97. The number of hydrogen-bond donors (Lipinski definition) is 0. The van der Waals surface area contributed by atoms with Crippen LogP contribution >= 0.6 is 0 Å². The molecule has 3 rings (SSSR count). The Labute approximate surface area is 153 Å². The van der Waals surface area contributed by atoms with E-state index in [-0.39, 0.29) is 0 Å². The smallest absolute Gasteiger partial charge is 0.343 e. The Bertz CT molecular complexity index is 820.